The number of benzene rings is 1. The lowest BCUT2D eigenvalue weighted by molar-refractivity contribution is -0.169. The molecule has 1 aromatic rings. The number of rotatable bonds is 4. The van der Waals surface area contributed by atoms with Crippen molar-refractivity contribution in [2.24, 2.45) is 5.92 Å². The maximum Gasteiger partial charge on any atom is 0.306 e. The average Bonchev–Trinajstić information content (AvgIpc) is 2.48. The van der Waals surface area contributed by atoms with Crippen molar-refractivity contribution in [3.05, 3.63) is 35.9 Å². The standard InChI is InChI=1S/C17H23NO3/c1-2-17-9-14(16(19)20)8-15(11-21-12-17)18(17)10-13-6-4-3-5-7-13/h3-7,14-15H,2,8-12H2,1H3,(H,19,20). The van der Waals surface area contributed by atoms with Gasteiger partial charge >= 0.3 is 5.97 Å². The van der Waals surface area contributed by atoms with Crippen molar-refractivity contribution in [2.75, 3.05) is 13.2 Å². The van der Waals surface area contributed by atoms with Crippen molar-refractivity contribution in [3.8, 4) is 0 Å². The predicted molar refractivity (Wildman–Crippen MR) is 80.0 cm³/mol. The van der Waals surface area contributed by atoms with E-state index < -0.39 is 5.97 Å². The summed E-state index contributed by atoms with van der Waals surface area (Å²) < 4.78 is 5.79. The highest BCUT2D eigenvalue weighted by Crippen LogP contribution is 2.42. The maximum atomic E-state index is 11.4. The molecule has 2 aliphatic rings. The number of piperidine rings is 1. The van der Waals surface area contributed by atoms with Gasteiger partial charge in [0.1, 0.15) is 0 Å². The van der Waals surface area contributed by atoms with Crippen LogP contribution in [0.5, 0.6) is 0 Å². The Morgan fingerprint density at radius 2 is 2.19 bits per heavy atom. The lowest BCUT2D eigenvalue weighted by Gasteiger charge is -2.56. The molecule has 0 spiro atoms. The van der Waals surface area contributed by atoms with Gasteiger partial charge < -0.3 is 9.84 Å². The minimum absolute atomic E-state index is 0.125. The number of aliphatic carboxylic acids is 1. The van der Waals surface area contributed by atoms with Crippen LogP contribution >= 0.6 is 0 Å². The lowest BCUT2D eigenvalue weighted by Crippen LogP contribution is -2.65. The Kier molecular flexibility index (Phi) is 4.00. The van der Waals surface area contributed by atoms with Gasteiger partial charge in [0.15, 0.2) is 0 Å². The number of fused-ring (bicyclic) bond motifs is 2. The topological polar surface area (TPSA) is 49.8 Å². The van der Waals surface area contributed by atoms with E-state index in [1.165, 1.54) is 5.56 Å². The largest absolute Gasteiger partial charge is 0.481 e. The molecule has 21 heavy (non-hydrogen) atoms. The third-order valence-corrected chi connectivity index (χ3v) is 5.12. The Balaban J connectivity index is 1.86. The second-order valence-corrected chi connectivity index (χ2v) is 6.34. The molecule has 1 N–H and O–H groups in total. The molecule has 3 unspecified atom stereocenters. The van der Waals surface area contributed by atoms with Crippen molar-refractivity contribution >= 4 is 5.97 Å². The second kappa shape index (κ2) is 5.78. The van der Waals surface area contributed by atoms with Gasteiger partial charge in [0, 0.05) is 18.1 Å². The van der Waals surface area contributed by atoms with Crippen molar-refractivity contribution in [1.82, 2.24) is 4.90 Å². The number of carbonyl (C=O) groups is 1. The van der Waals surface area contributed by atoms with Crippen molar-refractivity contribution in [1.29, 1.82) is 0 Å². The van der Waals surface area contributed by atoms with Gasteiger partial charge in [-0.3, -0.25) is 9.69 Å². The molecule has 2 bridgehead atoms. The first-order chi connectivity index (χ1) is 10.1. The van der Waals surface area contributed by atoms with E-state index in [2.05, 4.69) is 36.1 Å². The molecule has 4 nitrogen and oxygen atoms in total. The van der Waals surface area contributed by atoms with E-state index in [9.17, 15) is 9.90 Å². The summed E-state index contributed by atoms with van der Waals surface area (Å²) in [6.45, 7) is 4.33. The Morgan fingerprint density at radius 3 is 2.86 bits per heavy atom. The first-order valence-corrected chi connectivity index (χ1v) is 7.76. The minimum atomic E-state index is -0.654. The van der Waals surface area contributed by atoms with E-state index in [1.54, 1.807) is 0 Å². The smallest absolute Gasteiger partial charge is 0.306 e. The predicted octanol–water partition coefficient (Wildman–Crippen LogP) is 2.53. The van der Waals surface area contributed by atoms with E-state index in [-0.39, 0.29) is 17.5 Å². The molecule has 0 aromatic heterocycles. The van der Waals surface area contributed by atoms with Gasteiger partial charge in [0.25, 0.3) is 0 Å². The minimum Gasteiger partial charge on any atom is -0.481 e. The molecule has 0 radical (unpaired) electrons. The summed E-state index contributed by atoms with van der Waals surface area (Å²) >= 11 is 0. The lowest BCUT2D eigenvalue weighted by atomic mass is 9.74. The quantitative estimate of drug-likeness (QED) is 0.925. The number of morpholine rings is 1. The molecule has 2 saturated heterocycles. The molecule has 4 heteroatoms. The fourth-order valence-corrected chi connectivity index (χ4v) is 3.90. The zero-order valence-electron chi connectivity index (χ0n) is 12.5. The van der Waals surface area contributed by atoms with Crippen LogP contribution < -0.4 is 0 Å². The van der Waals surface area contributed by atoms with Crippen LogP contribution in [0.1, 0.15) is 31.7 Å². The van der Waals surface area contributed by atoms with Gasteiger partial charge in [0.2, 0.25) is 0 Å². The van der Waals surface area contributed by atoms with E-state index in [4.69, 9.17) is 4.74 Å². The van der Waals surface area contributed by atoms with Crippen molar-refractivity contribution in [2.45, 2.75) is 44.3 Å². The third-order valence-electron chi connectivity index (χ3n) is 5.12. The average molecular weight is 289 g/mol. The Labute approximate surface area is 125 Å². The highest BCUT2D eigenvalue weighted by atomic mass is 16.5. The fourth-order valence-electron chi connectivity index (χ4n) is 3.90. The summed E-state index contributed by atoms with van der Waals surface area (Å²) in [5, 5.41) is 9.42. The molecule has 0 amide bonds. The number of nitrogens with zero attached hydrogens (tertiary/aromatic N) is 1. The summed E-state index contributed by atoms with van der Waals surface area (Å²) in [4.78, 5) is 14.0. The molecule has 3 rings (SSSR count). The number of carboxylic acid groups (broad SMARTS) is 1. The molecule has 2 fully saturated rings. The molecule has 0 saturated carbocycles. The van der Waals surface area contributed by atoms with E-state index in [1.807, 2.05) is 6.07 Å². The van der Waals surface area contributed by atoms with Crippen LogP contribution in [0.2, 0.25) is 0 Å². The van der Waals surface area contributed by atoms with Gasteiger partial charge in [-0.05, 0) is 24.8 Å². The Morgan fingerprint density at radius 1 is 1.43 bits per heavy atom. The number of hydrogen-bond donors (Lipinski definition) is 1. The molecule has 3 atom stereocenters. The van der Waals surface area contributed by atoms with Gasteiger partial charge in [-0.25, -0.2) is 0 Å². The Hall–Kier alpha value is -1.39. The monoisotopic (exact) mass is 289 g/mol. The molecule has 1 aromatic carbocycles. The first kappa shape index (κ1) is 14.5. The van der Waals surface area contributed by atoms with Crippen LogP contribution in [0.15, 0.2) is 30.3 Å². The van der Waals surface area contributed by atoms with Crippen LogP contribution in [0, 0.1) is 5.92 Å². The summed E-state index contributed by atoms with van der Waals surface area (Å²) in [5.41, 5.74) is 1.16. The zero-order valence-corrected chi connectivity index (χ0v) is 12.5. The van der Waals surface area contributed by atoms with Crippen molar-refractivity contribution in [3.63, 3.8) is 0 Å². The summed E-state index contributed by atoms with van der Waals surface area (Å²) in [5.74, 6) is -0.884. The fraction of sp³-hybridized carbons (Fsp3) is 0.588. The normalized spacial score (nSPS) is 32.8. The van der Waals surface area contributed by atoms with E-state index >= 15 is 0 Å². The summed E-state index contributed by atoms with van der Waals surface area (Å²) in [6.07, 6.45) is 2.33. The van der Waals surface area contributed by atoms with E-state index in [0.717, 1.165) is 13.0 Å². The molecule has 2 aliphatic heterocycles. The van der Waals surface area contributed by atoms with Crippen LogP contribution in [-0.4, -0.2) is 40.8 Å². The second-order valence-electron chi connectivity index (χ2n) is 6.34. The molecule has 0 aliphatic carbocycles. The molecular weight excluding hydrogens is 266 g/mol. The molecular formula is C17H23NO3. The highest BCUT2D eigenvalue weighted by molar-refractivity contribution is 5.70. The number of ether oxygens (including phenoxy) is 1. The highest BCUT2D eigenvalue weighted by Gasteiger charge is 2.50. The maximum absolute atomic E-state index is 11.4. The van der Waals surface area contributed by atoms with Gasteiger partial charge in [-0.1, -0.05) is 37.3 Å². The van der Waals surface area contributed by atoms with Crippen LogP contribution in [0.3, 0.4) is 0 Å². The Bertz CT molecular complexity index is 504. The van der Waals surface area contributed by atoms with Crippen LogP contribution in [-0.2, 0) is 16.1 Å². The van der Waals surface area contributed by atoms with Gasteiger partial charge in [-0.2, -0.15) is 0 Å². The summed E-state index contributed by atoms with van der Waals surface area (Å²) in [6, 6.07) is 10.6. The number of hydrogen-bond acceptors (Lipinski definition) is 3. The number of carboxylic acids is 1. The van der Waals surface area contributed by atoms with Gasteiger partial charge in [-0.15, -0.1) is 0 Å². The van der Waals surface area contributed by atoms with Gasteiger partial charge in [0.05, 0.1) is 19.1 Å². The first-order valence-electron chi connectivity index (χ1n) is 7.76. The van der Waals surface area contributed by atoms with E-state index in [0.29, 0.717) is 26.1 Å². The van der Waals surface area contributed by atoms with Crippen molar-refractivity contribution < 1.29 is 14.6 Å². The summed E-state index contributed by atoms with van der Waals surface area (Å²) in [7, 11) is 0. The molecule has 2 heterocycles. The third kappa shape index (κ3) is 2.70. The van der Waals surface area contributed by atoms with Crippen LogP contribution in [0.4, 0.5) is 0 Å². The van der Waals surface area contributed by atoms with Crippen LogP contribution in [0.25, 0.3) is 0 Å². The molecule has 114 valence electrons. The zero-order chi connectivity index (χ0) is 14.9. The SMILES string of the molecule is CCC12COCC(CC(C(=O)O)C1)N2Cc1ccccc1.